The van der Waals surface area contributed by atoms with Gasteiger partial charge in [-0.3, -0.25) is 4.79 Å². The van der Waals surface area contributed by atoms with Gasteiger partial charge < -0.3 is 10.2 Å². The van der Waals surface area contributed by atoms with E-state index in [9.17, 15) is 13.2 Å². The molecule has 3 rings (SSSR count). The Balaban J connectivity index is 1.52. The monoisotopic (exact) mass is 315 g/mol. The number of amides is 1. The third-order valence-electron chi connectivity index (χ3n) is 4.87. The van der Waals surface area contributed by atoms with Gasteiger partial charge in [0.15, 0.2) is 0 Å². The molecule has 0 aromatic heterocycles. The zero-order valence-corrected chi connectivity index (χ0v) is 13.4. The minimum atomic E-state index is -3.29. The van der Waals surface area contributed by atoms with Gasteiger partial charge in [-0.1, -0.05) is 0 Å². The fraction of sp³-hybridized carbons (Fsp3) is 0.929. The number of likely N-dealkylation sites (tertiary alicyclic amines) is 1. The van der Waals surface area contributed by atoms with E-state index in [-0.39, 0.29) is 11.9 Å². The van der Waals surface area contributed by atoms with Crippen LogP contribution in [0.3, 0.4) is 0 Å². The van der Waals surface area contributed by atoms with Crippen LogP contribution in [0.15, 0.2) is 0 Å². The molecule has 1 aliphatic carbocycles. The van der Waals surface area contributed by atoms with Gasteiger partial charge in [0.05, 0.1) is 6.26 Å². The van der Waals surface area contributed by atoms with Crippen molar-refractivity contribution in [3.05, 3.63) is 0 Å². The Morgan fingerprint density at radius 1 is 1.05 bits per heavy atom. The highest BCUT2D eigenvalue weighted by Crippen LogP contribution is 2.29. The summed E-state index contributed by atoms with van der Waals surface area (Å²) in [6, 6.07) is 0.494. The highest BCUT2D eigenvalue weighted by atomic mass is 32.2. The second kappa shape index (κ2) is 5.85. The number of nitrogens with zero attached hydrogens (tertiary/aromatic N) is 2. The molecule has 1 N–H and O–H groups in total. The second-order valence-electron chi connectivity index (χ2n) is 6.58. The van der Waals surface area contributed by atoms with Gasteiger partial charge >= 0.3 is 0 Å². The topological polar surface area (TPSA) is 69.7 Å². The molecule has 3 aliphatic rings. The van der Waals surface area contributed by atoms with Crippen LogP contribution in [-0.4, -0.2) is 67.5 Å². The van der Waals surface area contributed by atoms with Crippen LogP contribution >= 0.6 is 0 Å². The van der Waals surface area contributed by atoms with Crippen molar-refractivity contribution < 1.29 is 13.2 Å². The largest absolute Gasteiger partial charge is 0.352 e. The fourth-order valence-electron chi connectivity index (χ4n) is 3.55. The summed E-state index contributed by atoms with van der Waals surface area (Å²) in [7, 11) is -3.29. The Hall–Kier alpha value is -0.660. The SMILES string of the molecule is CS(=O)(=O)N1CCC[C@@H]1C(=O)NC1CCN(C2CC2)CC1. The number of sulfonamides is 1. The van der Waals surface area contributed by atoms with Gasteiger partial charge in [0.25, 0.3) is 0 Å². The number of rotatable bonds is 4. The molecule has 0 aromatic rings. The minimum Gasteiger partial charge on any atom is -0.352 e. The molecule has 0 aromatic carbocycles. The van der Waals surface area contributed by atoms with Gasteiger partial charge in [-0.2, -0.15) is 4.31 Å². The highest BCUT2D eigenvalue weighted by Gasteiger charge is 2.38. The normalized spacial score (nSPS) is 29.7. The van der Waals surface area contributed by atoms with Crippen molar-refractivity contribution >= 4 is 15.9 Å². The summed E-state index contributed by atoms with van der Waals surface area (Å²) >= 11 is 0. The molecule has 2 saturated heterocycles. The Morgan fingerprint density at radius 2 is 1.71 bits per heavy atom. The molecule has 0 radical (unpaired) electrons. The molecule has 7 heteroatoms. The van der Waals surface area contributed by atoms with Crippen LogP contribution in [0.5, 0.6) is 0 Å². The first-order valence-electron chi connectivity index (χ1n) is 7.96. The molecule has 1 atom stereocenters. The van der Waals surface area contributed by atoms with Crippen LogP contribution in [-0.2, 0) is 14.8 Å². The molecule has 0 unspecified atom stereocenters. The molecule has 0 bridgehead atoms. The van der Waals surface area contributed by atoms with Crippen LogP contribution in [0.4, 0.5) is 0 Å². The van der Waals surface area contributed by atoms with E-state index in [4.69, 9.17) is 0 Å². The van der Waals surface area contributed by atoms with Crippen molar-refractivity contribution in [3.63, 3.8) is 0 Å². The fourth-order valence-corrected chi connectivity index (χ4v) is 4.67. The molecule has 3 fully saturated rings. The highest BCUT2D eigenvalue weighted by molar-refractivity contribution is 7.88. The van der Waals surface area contributed by atoms with Gasteiger partial charge in [0.2, 0.25) is 15.9 Å². The van der Waals surface area contributed by atoms with Crippen LogP contribution in [0.1, 0.15) is 38.5 Å². The summed E-state index contributed by atoms with van der Waals surface area (Å²) in [4.78, 5) is 14.9. The summed E-state index contributed by atoms with van der Waals surface area (Å²) in [5.41, 5.74) is 0. The van der Waals surface area contributed by atoms with Crippen molar-refractivity contribution in [3.8, 4) is 0 Å². The van der Waals surface area contributed by atoms with Gasteiger partial charge in [-0.25, -0.2) is 8.42 Å². The summed E-state index contributed by atoms with van der Waals surface area (Å²) in [6.07, 6.45) is 7.20. The van der Waals surface area contributed by atoms with Gasteiger partial charge in [0, 0.05) is 31.7 Å². The van der Waals surface area contributed by atoms with Gasteiger partial charge in [0.1, 0.15) is 6.04 Å². The van der Waals surface area contributed by atoms with Crippen molar-refractivity contribution in [1.82, 2.24) is 14.5 Å². The Bertz CT molecular complexity index is 496. The first-order valence-corrected chi connectivity index (χ1v) is 9.81. The average molecular weight is 315 g/mol. The first-order chi connectivity index (χ1) is 9.95. The van der Waals surface area contributed by atoms with Crippen molar-refractivity contribution in [1.29, 1.82) is 0 Å². The third-order valence-corrected chi connectivity index (χ3v) is 6.16. The van der Waals surface area contributed by atoms with E-state index >= 15 is 0 Å². The number of nitrogens with one attached hydrogen (secondary N) is 1. The first kappa shape index (κ1) is 15.2. The average Bonchev–Trinajstić information content (AvgIpc) is 3.14. The summed E-state index contributed by atoms with van der Waals surface area (Å²) in [6.45, 7) is 2.57. The standard InChI is InChI=1S/C14H25N3O3S/c1-21(19,20)17-8-2-3-13(17)14(18)15-11-6-9-16(10-7-11)12-4-5-12/h11-13H,2-10H2,1H3,(H,15,18)/t13-/m1/s1. The molecule has 2 heterocycles. The molecular weight excluding hydrogens is 290 g/mol. The molecule has 1 amide bonds. The molecule has 0 spiro atoms. The quantitative estimate of drug-likeness (QED) is 0.802. The number of hydrogen-bond acceptors (Lipinski definition) is 4. The second-order valence-corrected chi connectivity index (χ2v) is 8.52. The molecule has 21 heavy (non-hydrogen) atoms. The molecular formula is C14H25N3O3S. The van der Waals surface area contributed by atoms with Crippen molar-refractivity contribution in [2.45, 2.75) is 56.7 Å². The zero-order chi connectivity index (χ0) is 15.0. The van der Waals surface area contributed by atoms with Crippen LogP contribution in [0, 0.1) is 0 Å². The van der Waals surface area contributed by atoms with E-state index in [2.05, 4.69) is 10.2 Å². The summed E-state index contributed by atoms with van der Waals surface area (Å²) in [5, 5.41) is 3.07. The maximum absolute atomic E-state index is 12.4. The molecule has 120 valence electrons. The van der Waals surface area contributed by atoms with Crippen molar-refractivity contribution in [2.24, 2.45) is 0 Å². The van der Waals surface area contributed by atoms with E-state index in [1.54, 1.807) is 0 Å². The Morgan fingerprint density at radius 3 is 2.29 bits per heavy atom. The maximum atomic E-state index is 12.4. The molecule has 6 nitrogen and oxygen atoms in total. The van der Waals surface area contributed by atoms with Gasteiger partial charge in [-0.05, 0) is 38.5 Å². The van der Waals surface area contributed by atoms with Crippen LogP contribution in [0.2, 0.25) is 0 Å². The van der Waals surface area contributed by atoms with E-state index in [0.29, 0.717) is 13.0 Å². The van der Waals surface area contributed by atoms with Crippen molar-refractivity contribution in [2.75, 3.05) is 25.9 Å². The lowest BCUT2D eigenvalue weighted by Crippen LogP contribution is -2.51. The van der Waals surface area contributed by atoms with E-state index in [0.717, 1.165) is 38.4 Å². The third kappa shape index (κ3) is 3.57. The number of hydrogen-bond donors (Lipinski definition) is 1. The summed E-state index contributed by atoms with van der Waals surface area (Å²) < 4.78 is 24.8. The van der Waals surface area contributed by atoms with E-state index in [1.165, 1.54) is 23.4 Å². The molecule has 1 saturated carbocycles. The van der Waals surface area contributed by atoms with E-state index in [1.807, 2.05) is 0 Å². The predicted octanol–water partition coefficient (Wildman–Crippen LogP) is 0.153. The number of piperidine rings is 1. The van der Waals surface area contributed by atoms with Crippen LogP contribution in [0.25, 0.3) is 0 Å². The number of carbonyl (C=O) groups excluding carboxylic acids is 1. The lowest BCUT2D eigenvalue weighted by atomic mass is 10.0. The Labute approximate surface area is 126 Å². The lowest BCUT2D eigenvalue weighted by molar-refractivity contribution is -0.125. The predicted molar refractivity (Wildman–Crippen MR) is 80.3 cm³/mol. The van der Waals surface area contributed by atoms with Crippen LogP contribution < -0.4 is 5.32 Å². The molecule has 2 aliphatic heterocycles. The number of carbonyl (C=O) groups is 1. The minimum absolute atomic E-state index is 0.109. The zero-order valence-electron chi connectivity index (χ0n) is 12.6. The lowest BCUT2D eigenvalue weighted by Gasteiger charge is -2.33. The van der Waals surface area contributed by atoms with Gasteiger partial charge in [-0.15, -0.1) is 0 Å². The van der Waals surface area contributed by atoms with E-state index < -0.39 is 16.1 Å². The Kier molecular flexibility index (Phi) is 4.25. The maximum Gasteiger partial charge on any atom is 0.238 e. The smallest absolute Gasteiger partial charge is 0.238 e. The summed E-state index contributed by atoms with van der Waals surface area (Å²) in [5.74, 6) is -0.109.